The second kappa shape index (κ2) is 4.40. The first-order valence-corrected chi connectivity index (χ1v) is 7.07. The van der Waals surface area contributed by atoms with Gasteiger partial charge in [0, 0.05) is 28.3 Å². The molecule has 6 nitrogen and oxygen atoms in total. The van der Waals surface area contributed by atoms with Crippen molar-refractivity contribution in [1.29, 1.82) is 0 Å². The summed E-state index contributed by atoms with van der Waals surface area (Å²) in [6, 6.07) is 0.342. The number of rotatable bonds is 2. The predicted molar refractivity (Wildman–Crippen MR) is 66.2 cm³/mol. The van der Waals surface area contributed by atoms with Gasteiger partial charge < -0.3 is 10.3 Å². The van der Waals surface area contributed by atoms with E-state index in [2.05, 4.69) is 25.3 Å². The molecular formula is C10H13N5OS. The molecule has 90 valence electrons. The van der Waals surface area contributed by atoms with Crippen molar-refractivity contribution in [1.82, 2.24) is 19.9 Å². The third kappa shape index (κ3) is 2.14. The minimum absolute atomic E-state index is 0.342. The summed E-state index contributed by atoms with van der Waals surface area (Å²) in [4.78, 5) is 15.4. The van der Waals surface area contributed by atoms with Gasteiger partial charge in [-0.2, -0.15) is 0 Å². The van der Waals surface area contributed by atoms with Crippen molar-refractivity contribution in [3.05, 3.63) is 12.7 Å². The Balaban J connectivity index is 1.80. The molecule has 2 aromatic rings. The van der Waals surface area contributed by atoms with Gasteiger partial charge in [-0.1, -0.05) is 0 Å². The predicted octanol–water partition coefficient (Wildman–Crippen LogP) is 0.676. The van der Waals surface area contributed by atoms with Gasteiger partial charge in [0.1, 0.15) is 11.8 Å². The molecule has 0 saturated carbocycles. The zero-order chi connectivity index (χ0) is 11.7. The van der Waals surface area contributed by atoms with Crippen LogP contribution in [0, 0.1) is 0 Å². The number of aromatic nitrogens is 4. The van der Waals surface area contributed by atoms with Crippen LogP contribution in [0.4, 0.5) is 5.82 Å². The topological polar surface area (TPSA) is 83.6 Å². The molecule has 0 radical (unpaired) electrons. The molecule has 0 amide bonds. The van der Waals surface area contributed by atoms with Crippen molar-refractivity contribution < 1.29 is 4.21 Å². The minimum atomic E-state index is -0.631. The second-order valence-electron chi connectivity index (χ2n) is 4.09. The lowest BCUT2D eigenvalue weighted by atomic mass is 10.1. The molecule has 3 heterocycles. The largest absolute Gasteiger partial charge is 0.365 e. The van der Waals surface area contributed by atoms with Gasteiger partial charge in [-0.15, -0.1) is 0 Å². The number of anilines is 1. The quantitative estimate of drug-likeness (QED) is 0.820. The maximum absolute atomic E-state index is 11.3. The monoisotopic (exact) mass is 251 g/mol. The number of imidazole rings is 1. The summed E-state index contributed by atoms with van der Waals surface area (Å²) < 4.78 is 11.3. The minimum Gasteiger partial charge on any atom is -0.365 e. The highest BCUT2D eigenvalue weighted by atomic mass is 32.2. The van der Waals surface area contributed by atoms with Crippen molar-refractivity contribution >= 4 is 27.8 Å². The lowest BCUT2D eigenvalue weighted by Crippen LogP contribution is -2.29. The van der Waals surface area contributed by atoms with E-state index in [-0.39, 0.29) is 0 Å². The van der Waals surface area contributed by atoms with Crippen molar-refractivity contribution in [3.8, 4) is 0 Å². The van der Waals surface area contributed by atoms with Crippen LogP contribution >= 0.6 is 0 Å². The summed E-state index contributed by atoms with van der Waals surface area (Å²) in [7, 11) is -0.631. The van der Waals surface area contributed by atoms with Crippen molar-refractivity contribution in [2.45, 2.75) is 18.9 Å². The molecule has 0 unspecified atom stereocenters. The van der Waals surface area contributed by atoms with E-state index in [0.717, 1.165) is 35.7 Å². The van der Waals surface area contributed by atoms with Crippen LogP contribution < -0.4 is 5.32 Å². The number of aromatic amines is 1. The second-order valence-corrected chi connectivity index (χ2v) is 5.79. The van der Waals surface area contributed by atoms with E-state index < -0.39 is 10.8 Å². The Hall–Kier alpha value is -1.50. The molecule has 1 saturated heterocycles. The lowest BCUT2D eigenvalue weighted by Gasteiger charge is -2.22. The highest BCUT2D eigenvalue weighted by molar-refractivity contribution is 7.85. The maximum Gasteiger partial charge on any atom is 0.182 e. The molecule has 0 aromatic carbocycles. The summed E-state index contributed by atoms with van der Waals surface area (Å²) in [5, 5.41) is 3.37. The Morgan fingerprint density at radius 1 is 1.29 bits per heavy atom. The molecule has 2 N–H and O–H groups in total. The number of fused-ring (bicyclic) bond motifs is 1. The van der Waals surface area contributed by atoms with Crippen LogP contribution in [0.25, 0.3) is 11.2 Å². The van der Waals surface area contributed by atoms with Crippen LogP contribution in [-0.4, -0.2) is 41.7 Å². The Morgan fingerprint density at radius 2 is 2.12 bits per heavy atom. The van der Waals surface area contributed by atoms with Crippen molar-refractivity contribution in [2.75, 3.05) is 16.8 Å². The molecule has 1 aliphatic rings. The van der Waals surface area contributed by atoms with E-state index in [1.165, 1.54) is 6.33 Å². The van der Waals surface area contributed by atoms with Crippen molar-refractivity contribution in [3.63, 3.8) is 0 Å². The van der Waals surface area contributed by atoms with E-state index in [9.17, 15) is 4.21 Å². The maximum atomic E-state index is 11.3. The van der Waals surface area contributed by atoms with Gasteiger partial charge in [0.2, 0.25) is 0 Å². The van der Waals surface area contributed by atoms with Gasteiger partial charge in [-0.3, -0.25) is 4.21 Å². The average Bonchev–Trinajstić information content (AvgIpc) is 2.81. The average molecular weight is 251 g/mol. The Morgan fingerprint density at radius 3 is 2.94 bits per heavy atom. The first-order valence-electron chi connectivity index (χ1n) is 5.58. The fourth-order valence-corrected chi connectivity index (χ4v) is 3.30. The zero-order valence-corrected chi connectivity index (χ0v) is 10.0. The van der Waals surface area contributed by atoms with Crippen LogP contribution in [-0.2, 0) is 10.8 Å². The van der Waals surface area contributed by atoms with Crippen LogP contribution in [0.5, 0.6) is 0 Å². The fraction of sp³-hybridized carbons (Fsp3) is 0.500. The van der Waals surface area contributed by atoms with Gasteiger partial charge in [0.05, 0.1) is 6.33 Å². The third-order valence-corrected chi connectivity index (χ3v) is 4.33. The normalized spacial score (nSPS) is 24.9. The molecule has 0 aliphatic carbocycles. The van der Waals surface area contributed by atoms with E-state index in [1.807, 2.05) is 0 Å². The molecule has 17 heavy (non-hydrogen) atoms. The van der Waals surface area contributed by atoms with Crippen LogP contribution in [0.15, 0.2) is 12.7 Å². The SMILES string of the molecule is O=S1CCC(Nc2ncnc3nc[nH]c23)CC1. The van der Waals surface area contributed by atoms with Gasteiger partial charge in [0.25, 0.3) is 0 Å². The summed E-state index contributed by atoms with van der Waals surface area (Å²) in [5.41, 5.74) is 1.50. The Kier molecular flexibility index (Phi) is 2.76. The number of nitrogens with zero attached hydrogens (tertiary/aromatic N) is 3. The summed E-state index contributed by atoms with van der Waals surface area (Å²) >= 11 is 0. The standard InChI is InChI=1S/C10H13N5OS/c16-17-3-1-7(2-4-17)15-10-8-9(12-5-11-8)13-6-14-10/h5-7H,1-4H2,(H2,11,12,13,14,15). The molecule has 0 spiro atoms. The molecule has 0 bridgehead atoms. The van der Waals surface area contributed by atoms with E-state index in [1.54, 1.807) is 6.33 Å². The van der Waals surface area contributed by atoms with Gasteiger partial charge in [0.15, 0.2) is 11.5 Å². The smallest absolute Gasteiger partial charge is 0.182 e. The van der Waals surface area contributed by atoms with Crippen molar-refractivity contribution in [2.24, 2.45) is 0 Å². The first kappa shape index (κ1) is 10.6. The van der Waals surface area contributed by atoms with Crippen LogP contribution in [0.2, 0.25) is 0 Å². The number of hydrogen-bond acceptors (Lipinski definition) is 5. The van der Waals surface area contributed by atoms with Gasteiger partial charge in [-0.05, 0) is 12.8 Å². The van der Waals surface area contributed by atoms with Crippen LogP contribution in [0.1, 0.15) is 12.8 Å². The first-order chi connectivity index (χ1) is 8.33. The number of nitrogens with one attached hydrogen (secondary N) is 2. The lowest BCUT2D eigenvalue weighted by molar-refractivity contribution is 0.623. The third-order valence-electron chi connectivity index (χ3n) is 2.95. The fourth-order valence-electron chi connectivity index (χ4n) is 2.01. The molecule has 2 aromatic heterocycles. The molecule has 1 aliphatic heterocycles. The Labute approximate surface area is 101 Å². The molecule has 7 heteroatoms. The molecule has 3 rings (SSSR count). The van der Waals surface area contributed by atoms with Crippen LogP contribution in [0.3, 0.4) is 0 Å². The van der Waals surface area contributed by atoms with Gasteiger partial charge >= 0.3 is 0 Å². The highest BCUT2D eigenvalue weighted by Gasteiger charge is 2.19. The molecule has 1 fully saturated rings. The van der Waals surface area contributed by atoms with E-state index >= 15 is 0 Å². The van der Waals surface area contributed by atoms with Gasteiger partial charge in [-0.25, -0.2) is 15.0 Å². The summed E-state index contributed by atoms with van der Waals surface area (Å²) in [6.07, 6.45) is 4.96. The molecular weight excluding hydrogens is 238 g/mol. The van der Waals surface area contributed by atoms with E-state index in [0.29, 0.717) is 11.7 Å². The van der Waals surface area contributed by atoms with E-state index in [4.69, 9.17) is 0 Å². The highest BCUT2D eigenvalue weighted by Crippen LogP contribution is 2.19. The molecule has 0 atom stereocenters. The zero-order valence-electron chi connectivity index (χ0n) is 9.22. The Bertz CT molecular complexity index is 544. The summed E-state index contributed by atoms with van der Waals surface area (Å²) in [5.74, 6) is 2.33. The summed E-state index contributed by atoms with van der Waals surface area (Å²) in [6.45, 7) is 0. The number of hydrogen-bond donors (Lipinski definition) is 2. The number of H-pyrrole nitrogens is 1.